The second-order valence-corrected chi connectivity index (χ2v) is 6.56. The molecule has 0 aliphatic rings. The second-order valence-electron chi connectivity index (χ2n) is 6.12. The van der Waals surface area contributed by atoms with Crippen LogP contribution < -0.4 is 5.32 Å². The van der Waals surface area contributed by atoms with E-state index in [1.807, 2.05) is 13.0 Å². The molecule has 0 saturated heterocycles. The molecule has 0 radical (unpaired) electrons. The van der Waals surface area contributed by atoms with Crippen LogP contribution in [0.3, 0.4) is 0 Å². The Kier molecular flexibility index (Phi) is 5.06. The number of halogens is 1. The van der Waals surface area contributed by atoms with Crippen molar-refractivity contribution in [3.63, 3.8) is 0 Å². The molecular weight excluding hydrogens is 352 g/mol. The summed E-state index contributed by atoms with van der Waals surface area (Å²) >= 11 is 6.07. The van der Waals surface area contributed by atoms with Gasteiger partial charge in [-0.3, -0.25) is 4.79 Å². The molecular formula is C19H19ClN4O2. The highest BCUT2D eigenvalue weighted by Crippen LogP contribution is 2.22. The van der Waals surface area contributed by atoms with E-state index in [0.717, 1.165) is 16.8 Å². The van der Waals surface area contributed by atoms with Crippen LogP contribution in [-0.2, 0) is 0 Å². The molecule has 0 bridgehead atoms. The molecule has 1 heterocycles. The van der Waals surface area contributed by atoms with Gasteiger partial charge in [0.2, 0.25) is 0 Å². The van der Waals surface area contributed by atoms with Crippen LogP contribution in [-0.4, -0.2) is 26.0 Å². The summed E-state index contributed by atoms with van der Waals surface area (Å²) in [6.45, 7) is 5.39. The zero-order chi connectivity index (χ0) is 18.8. The third-order valence-electron chi connectivity index (χ3n) is 4.14. The maximum absolute atomic E-state index is 12.6. The van der Waals surface area contributed by atoms with Crippen LogP contribution in [0.4, 0.5) is 5.69 Å². The number of benzene rings is 2. The number of rotatable bonds is 4. The van der Waals surface area contributed by atoms with Crippen molar-refractivity contribution in [3.8, 4) is 5.69 Å². The smallest absolute Gasteiger partial charge is 0.278 e. The van der Waals surface area contributed by atoms with E-state index in [1.165, 1.54) is 0 Å². The molecule has 1 amide bonds. The van der Waals surface area contributed by atoms with Crippen LogP contribution in [0.2, 0.25) is 5.02 Å². The Morgan fingerprint density at radius 3 is 2.73 bits per heavy atom. The van der Waals surface area contributed by atoms with Crippen molar-refractivity contribution >= 4 is 23.2 Å². The number of anilines is 1. The lowest BCUT2D eigenvalue weighted by Crippen LogP contribution is -2.14. The maximum atomic E-state index is 12.6. The molecule has 0 fully saturated rings. The van der Waals surface area contributed by atoms with E-state index in [1.54, 1.807) is 54.9 Å². The first-order chi connectivity index (χ1) is 12.4. The number of aliphatic hydroxyl groups excluding tert-OH is 1. The van der Waals surface area contributed by atoms with E-state index in [2.05, 4.69) is 15.6 Å². The minimum Gasteiger partial charge on any atom is -0.389 e. The van der Waals surface area contributed by atoms with Gasteiger partial charge in [0.05, 0.1) is 17.5 Å². The minimum absolute atomic E-state index is 0.229. The van der Waals surface area contributed by atoms with Crippen LogP contribution in [0, 0.1) is 13.8 Å². The molecule has 3 aromatic rings. The van der Waals surface area contributed by atoms with Gasteiger partial charge in [-0.2, -0.15) is 0 Å². The number of aliphatic hydroxyl groups is 1. The summed E-state index contributed by atoms with van der Waals surface area (Å²) in [5.41, 5.74) is 3.89. The van der Waals surface area contributed by atoms with Gasteiger partial charge in [-0.1, -0.05) is 35.0 Å². The van der Waals surface area contributed by atoms with Crippen molar-refractivity contribution in [3.05, 3.63) is 70.0 Å². The second kappa shape index (κ2) is 7.27. The Balaban J connectivity index is 1.89. The summed E-state index contributed by atoms with van der Waals surface area (Å²) in [4.78, 5) is 12.6. The number of hydrogen-bond donors (Lipinski definition) is 2. The fourth-order valence-corrected chi connectivity index (χ4v) is 2.81. The lowest BCUT2D eigenvalue weighted by atomic mass is 10.1. The van der Waals surface area contributed by atoms with Crippen molar-refractivity contribution in [2.45, 2.75) is 26.9 Å². The molecule has 1 atom stereocenters. The van der Waals surface area contributed by atoms with Gasteiger partial charge in [0, 0.05) is 10.7 Å². The van der Waals surface area contributed by atoms with E-state index in [-0.39, 0.29) is 11.6 Å². The first-order valence-corrected chi connectivity index (χ1v) is 8.53. The van der Waals surface area contributed by atoms with Crippen LogP contribution in [0.15, 0.2) is 42.5 Å². The van der Waals surface area contributed by atoms with E-state index >= 15 is 0 Å². The zero-order valence-electron chi connectivity index (χ0n) is 14.7. The molecule has 26 heavy (non-hydrogen) atoms. The summed E-state index contributed by atoms with van der Waals surface area (Å²) in [5, 5.41) is 21.2. The lowest BCUT2D eigenvalue weighted by molar-refractivity contribution is 0.102. The standard InChI is InChI=1S/C19H19ClN4O2/c1-11-7-8-15(20)10-17(11)24-12(2)18(22-23-24)19(26)21-16-6-4-5-14(9-16)13(3)25/h4-10,13,25H,1-3H3,(H,21,26)/t13-/m1/s1. The van der Waals surface area contributed by atoms with Gasteiger partial charge in [-0.05, 0) is 56.2 Å². The zero-order valence-corrected chi connectivity index (χ0v) is 15.4. The third kappa shape index (κ3) is 3.61. The molecule has 2 aromatic carbocycles. The lowest BCUT2D eigenvalue weighted by Gasteiger charge is -2.09. The highest BCUT2D eigenvalue weighted by atomic mass is 35.5. The number of nitrogens with one attached hydrogen (secondary N) is 1. The molecule has 7 heteroatoms. The number of amides is 1. The largest absolute Gasteiger partial charge is 0.389 e. The topological polar surface area (TPSA) is 80.0 Å². The molecule has 0 spiro atoms. The summed E-state index contributed by atoms with van der Waals surface area (Å²) in [7, 11) is 0. The number of nitrogens with zero attached hydrogens (tertiary/aromatic N) is 3. The SMILES string of the molecule is Cc1ccc(Cl)cc1-n1nnc(C(=O)Nc2cccc([C@@H](C)O)c2)c1C. The molecule has 0 unspecified atom stereocenters. The highest BCUT2D eigenvalue weighted by Gasteiger charge is 2.18. The summed E-state index contributed by atoms with van der Waals surface area (Å²) in [5.74, 6) is -0.365. The Morgan fingerprint density at radius 1 is 1.23 bits per heavy atom. The van der Waals surface area contributed by atoms with Crippen molar-refractivity contribution in [2.75, 3.05) is 5.32 Å². The predicted octanol–water partition coefficient (Wildman–Crippen LogP) is 3.84. The third-order valence-corrected chi connectivity index (χ3v) is 4.37. The van der Waals surface area contributed by atoms with Crippen molar-refractivity contribution < 1.29 is 9.90 Å². The Hall–Kier alpha value is -2.70. The number of carbonyl (C=O) groups excluding carboxylic acids is 1. The van der Waals surface area contributed by atoms with Crippen molar-refractivity contribution in [1.82, 2.24) is 15.0 Å². The van der Waals surface area contributed by atoms with Crippen molar-refractivity contribution in [1.29, 1.82) is 0 Å². The fraction of sp³-hybridized carbons (Fsp3) is 0.211. The van der Waals surface area contributed by atoms with E-state index < -0.39 is 6.10 Å². The van der Waals surface area contributed by atoms with E-state index in [9.17, 15) is 9.90 Å². The molecule has 6 nitrogen and oxygen atoms in total. The van der Waals surface area contributed by atoms with Crippen molar-refractivity contribution in [2.24, 2.45) is 0 Å². The molecule has 3 rings (SSSR count). The Morgan fingerprint density at radius 2 is 2.00 bits per heavy atom. The first-order valence-electron chi connectivity index (χ1n) is 8.15. The van der Waals surface area contributed by atoms with Gasteiger partial charge < -0.3 is 10.4 Å². The summed E-state index contributed by atoms with van der Waals surface area (Å²) in [6.07, 6.45) is -0.611. The van der Waals surface area contributed by atoms with Gasteiger partial charge in [0.15, 0.2) is 5.69 Å². The van der Waals surface area contributed by atoms with Crippen LogP contribution >= 0.6 is 11.6 Å². The molecule has 0 aliphatic heterocycles. The van der Waals surface area contributed by atoms with Gasteiger partial charge in [0.1, 0.15) is 0 Å². The molecule has 2 N–H and O–H groups in total. The maximum Gasteiger partial charge on any atom is 0.278 e. The molecule has 0 aliphatic carbocycles. The van der Waals surface area contributed by atoms with E-state index in [4.69, 9.17) is 11.6 Å². The summed E-state index contributed by atoms with van der Waals surface area (Å²) < 4.78 is 1.60. The van der Waals surface area contributed by atoms with Gasteiger partial charge in [-0.25, -0.2) is 4.68 Å². The van der Waals surface area contributed by atoms with Crippen LogP contribution in [0.25, 0.3) is 5.69 Å². The minimum atomic E-state index is -0.611. The Bertz CT molecular complexity index is 966. The number of carbonyl (C=O) groups is 1. The Labute approximate surface area is 156 Å². The molecule has 1 aromatic heterocycles. The van der Waals surface area contributed by atoms with Crippen LogP contribution in [0.1, 0.15) is 40.3 Å². The first kappa shape index (κ1) is 18.1. The van der Waals surface area contributed by atoms with Gasteiger partial charge >= 0.3 is 0 Å². The number of aryl methyl sites for hydroxylation is 1. The quantitative estimate of drug-likeness (QED) is 0.731. The average molecular weight is 371 g/mol. The summed E-state index contributed by atoms with van der Waals surface area (Å²) in [6, 6.07) is 12.5. The predicted molar refractivity (Wildman–Crippen MR) is 101 cm³/mol. The molecule has 134 valence electrons. The van der Waals surface area contributed by atoms with Gasteiger partial charge in [0.25, 0.3) is 5.91 Å². The number of aromatic nitrogens is 3. The van der Waals surface area contributed by atoms with Gasteiger partial charge in [-0.15, -0.1) is 5.10 Å². The monoisotopic (exact) mass is 370 g/mol. The fourth-order valence-electron chi connectivity index (χ4n) is 2.65. The highest BCUT2D eigenvalue weighted by molar-refractivity contribution is 6.30. The average Bonchev–Trinajstić information content (AvgIpc) is 2.98. The molecule has 0 saturated carbocycles. The van der Waals surface area contributed by atoms with Crippen LogP contribution in [0.5, 0.6) is 0 Å². The van der Waals surface area contributed by atoms with E-state index in [0.29, 0.717) is 16.4 Å². The number of hydrogen-bond acceptors (Lipinski definition) is 4. The normalized spacial score (nSPS) is 12.0.